The van der Waals surface area contributed by atoms with Crippen molar-refractivity contribution in [3.8, 4) is 34.5 Å². The van der Waals surface area contributed by atoms with Gasteiger partial charge in [-0.1, -0.05) is 121 Å². The van der Waals surface area contributed by atoms with Gasteiger partial charge >= 0.3 is 0 Å². The number of benzene rings is 8. The van der Waals surface area contributed by atoms with Gasteiger partial charge in [0.05, 0.1) is 34.0 Å². The smallest absolute Gasteiger partial charge is 0.137 e. The summed E-state index contributed by atoms with van der Waals surface area (Å²) in [5.74, 6) is 5.26. The summed E-state index contributed by atoms with van der Waals surface area (Å²) in [6, 6.07) is 73.2. The van der Waals surface area contributed by atoms with Crippen LogP contribution in [0.3, 0.4) is 0 Å². The van der Waals surface area contributed by atoms with Gasteiger partial charge in [0, 0.05) is 167 Å². The minimum Gasteiger partial charge on any atom is -0.508 e. The lowest BCUT2D eigenvalue weighted by atomic mass is 9.98. The van der Waals surface area contributed by atoms with Crippen molar-refractivity contribution in [2.24, 2.45) is 0 Å². The molecule has 6 saturated heterocycles. The van der Waals surface area contributed by atoms with Gasteiger partial charge in [0.2, 0.25) is 0 Å². The van der Waals surface area contributed by atoms with Crippen LogP contribution in [0.5, 0.6) is 34.5 Å². The third kappa shape index (κ3) is 21.5. The first-order chi connectivity index (χ1) is 64.8. The van der Waals surface area contributed by atoms with Gasteiger partial charge in [-0.3, -0.25) is 49.5 Å². The molecule has 1 aliphatic carbocycles. The number of likely N-dealkylation sites (tertiary alicyclic amines) is 6. The molecule has 22 nitrogen and oxygen atoms in total. The van der Waals surface area contributed by atoms with Crippen LogP contribution < -0.4 is 0 Å². The zero-order valence-corrected chi connectivity index (χ0v) is 74.5. The first-order valence-corrected chi connectivity index (χ1v) is 46.7. The molecule has 6 unspecified atom stereocenters. The lowest BCUT2D eigenvalue weighted by molar-refractivity contribution is 0.323. The van der Waals surface area contributed by atoms with E-state index in [1.54, 1.807) is 36.4 Å². The molecule has 11 N–H and O–H groups in total. The van der Waals surface area contributed by atoms with E-state index in [1.807, 2.05) is 140 Å². The fraction of sp³-hybridized carbons (Fsp3) is 0.282. The van der Waals surface area contributed by atoms with Gasteiger partial charge in [0.25, 0.3) is 0 Å². The number of pyridine rings is 4. The number of phenols is 6. The van der Waals surface area contributed by atoms with Crippen LogP contribution in [-0.4, -0.2) is 189 Å². The Bertz CT molecular complexity index is 5990. The SMILES string of the molecule is Oc1cccc(C2CCN(Cc3[nH]nc4ccccc34)C2)c1.Oc1cccc(C2CCN(Cc3c[nH]c4cccnc34)C2)c1.Oc1cccc(C2CCN(Cc3c[nH]c4ccncc34)C2)c1.Oc1cccc(C2CCN(Cc3c[nH]c4cnccc34)C2)c1.Oc1cccc(C2CCN(Cc3c[nH]c4ncccc34)C2)c1.Oc1cccc(C2CCN(Cc3cccc4c3CC=C4)C2)c1. The summed E-state index contributed by atoms with van der Waals surface area (Å²) in [7, 11) is 0. The summed E-state index contributed by atoms with van der Waals surface area (Å²) >= 11 is 0. The largest absolute Gasteiger partial charge is 0.508 e. The maximum atomic E-state index is 9.66. The van der Waals surface area contributed by atoms with Gasteiger partial charge < -0.3 is 50.6 Å². The van der Waals surface area contributed by atoms with Crippen molar-refractivity contribution in [3.63, 3.8) is 0 Å². The molecular formula is C110H116N16O6. The molecule has 9 aromatic heterocycles. The highest BCUT2D eigenvalue weighted by Crippen LogP contribution is 2.39. The first kappa shape index (κ1) is 87.6. The zero-order chi connectivity index (χ0) is 89.6. The third-order valence-corrected chi connectivity index (χ3v) is 27.7. The number of aromatic nitrogens is 10. The van der Waals surface area contributed by atoms with Gasteiger partial charge in [-0.25, -0.2) is 4.98 Å². The predicted octanol–water partition coefficient (Wildman–Crippen LogP) is 20.2. The molecule has 6 aliphatic heterocycles. The van der Waals surface area contributed by atoms with Crippen LogP contribution in [0.15, 0.2) is 293 Å². The molecule has 0 bridgehead atoms. The molecule has 0 radical (unpaired) electrons. The Morgan fingerprint density at radius 3 is 1.23 bits per heavy atom. The number of hydrogen-bond acceptors (Lipinski definition) is 17. The predicted molar refractivity (Wildman–Crippen MR) is 524 cm³/mol. The number of nitrogens with one attached hydrogen (secondary N) is 5. The van der Waals surface area contributed by atoms with Crippen LogP contribution in [0.25, 0.3) is 60.9 Å². The molecular weight excluding hydrogens is 1640 g/mol. The van der Waals surface area contributed by atoms with Gasteiger partial charge in [-0.05, 0) is 302 Å². The second kappa shape index (κ2) is 41.2. The lowest BCUT2D eigenvalue weighted by Gasteiger charge is -2.18. The van der Waals surface area contributed by atoms with Crippen molar-refractivity contribution in [1.29, 1.82) is 0 Å². The average molecular weight is 1760 g/mol. The second-order valence-electron chi connectivity index (χ2n) is 36.6. The van der Waals surface area contributed by atoms with Crippen LogP contribution in [0.4, 0.5) is 0 Å². The first-order valence-electron chi connectivity index (χ1n) is 46.7. The molecule has 8 aromatic carbocycles. The monoisotopic (exact) mass is 1760 g/mol. The average Bonchev–Trinajstić information content (AvgIpc) is 1.67. The number of fused-ring (bicyclic) bond motifs is 6. The van der Waals surface area contributed by atoms with Crippen molar-refractivity contribution in [2.45, 2.75) is 120 Å². The van der Waals surface area contributed by atoms with E-state index in [9.17, 15) is 30.6 Å². The molecule has 17 aromatic rings. The number of H-pyrrole nitrogens is 5. The molecule has 15 heterocycles. The van der Waals surface area contributed by atoms with Gasteiger partial charge in [-0.2, -0.15) is 5.10 Å². The minimum absolute atomic E-state index is 0.357. The standard InChI is InChI=1S/C20H21NO.5C18H19N3O/c22-19-8-2-6-16(12-19)17-10-11-21(13-17)14-18-7-1-4-15-5-3-9-20(15)18;22-16-4-1-3-13(9-16)14-6-8-21(11-14)12-15-10-20-17-5-2-7-19-18(15)17;22-16-4-1-3-13(9-16)14-6-8-21(11-14)12-15-10-20-18-17(15)5-2-7-19-18;22-15-5-3-4-13(10-15)14-8-9-21(11-14)12-18-16-6-1-2-7-17(16)19-20-18;22-16-3-1-2-13(8-16)14-5-7-21(11-14)12-15-9-20-18-4-6-19-10-17(15)18;22-16-3-1-2-13(8-16)14-5-7-21(11-14)12-15-9-20-18-10-19-6-4-17(15)18/h1-8,12,17,22H,9-11,13-14H2;1-5,7,9-10,14,20,22H,6,8,11-12H2;1-5,7,9-10,14,22H,6,8,11-12H2,(H,19,20);1-7,10,14,22H,8-9,11-12H2,(H,19,20);2*1-4,6,8-10,14,20,22H,5,7,11-12H2. The van der Waals surface area contributed by atoms with E-state index in [1.165, 1.54) is 106 Å². The number of aromatic hydroxyl groups is 6. The Morgan fingerprint density at radius 2 is 0.712 bits per heavy atom. The molecule has 0 amide bonds. The van der Waals surface area contributed by atoms with E-state index < -0.39 is 0 Å². The van der Waals surface area contributed by atoms with E-state index >= 15 is 0 Å². The summed E-state index contributed by atoms with van der Waals surface area (Å²) in [6.45, 7) is 18.5. The zero-order valence-electron chi connectivity index (χ0n) is 74.5. The second-order valence-corrected chi connectivity index (χ2v) is 36.6. The maximum absolute atomic E-state index is 9.66. The number of phenolic OH excluding ortho intramolecular Hbond substituents is 6. The van der Waals surface area contributed by atoms with Crippen molar-refractivity contribution >= 4 is 60.9 Å². The van der Waals surface area contributed by atoms with Crippen LogP contribution in [-0.2, 0) is 45.7 Å². The summed E-state index contributed by atoms with van der Waals surface area (Å²) < 4.78 is 0. The summed E-state index contributed by atoms with van der Waals surface area (Å²) in [5.41, 5.74) is 24.6. The van der Waals surface area contributed by atoms with E-state index in [-0.39, 0.29) is 0 Å². The number of rotatable bonds is 18. The van der Waals surface area contributed by atoms with Crippen LogP contribution in [0, 0.1) is 0 Å². The third-order valence-electron chi connectivity index (χ3n) is 27.7. The maximum Gasteiger partial charge on any atom is 0.137 e. The number of para-hydroxylation sites is 1. The number of hydrogen-bond donors (Lipinski definition) is 11. The molecule has 672 valence electrons. The Kier molecular flexibility index (Phi) is 27.3. The molecule has 24 rings (SSSR count). The molecule has 22 heteroatoms. The quantitative estimate of drug-likeness (QED) is 0.0381. The fourth-order valence-electron chi connectivity index (χ4n) is 20.8. The summed E-state index contributed by atoms with van der Waals surface area (Å²) in [4.78, 5) is 45.2. The number of allylic oxidation sites excluding steroid dienone is 1. The number of aromatic amines is 5. The molecule has 6 fully saturated rings. The molecule has 0 saturated carbocycles. The lowest BCUT2D eigenvalue weighted by Crippen LogP contribution is -2.20. The van der Waals surface area contributed by atoms with Crippen molar-refractivity contribution in [3.05, 3.63) is 371 Å². The minimum atomic E-state index is 0.357. The fourth-order valence-corrected chi connectivity index (χ4v) is 20.8. The van der Waals surface area contributed by atoms with Crippen LogP contribution >= 0.6 is 0 Å². The van der Waals surface area contributed by atoms with Gasteiger partial charge in [0.1, 0.15) is 40.1 Å². The molecule has 6 atom stereocenters. The van der Waals surface area contributed by atoms with Gasteiger partial charge in [0.15, 0.2) is 0 Å². The van der Waals surface area contributed by atoms with Crippen molar-refractivity contribution in [1.82, 2.24) is 79.5 Å². The Morgan fingerprint density at radius 1 is 0.311 bits per heavy atom. The highest BCUT2D eigenvalue weighted by molar-refractivity contribution is 5.84. The molecule has 7 aliphatic rings. The summed E-state index contributed by atoms with van der Waals surface area (Å²) in [6.07, 6.45) is 31.9. The Hall–Kier alpha value is -13.7. The topological polar surface area (TPSA) is 284 Å². The van der Waals surface area contributed by atoms with E-state index in [4.69, 9.17) is 0 Å². The normalized spacial score (nSPS) is 19.2. The van der Waals surface area contributed by atoms with Crippen LogP contribution in [0.2, 0.25) is 0 Å². The number of nitrogens with zero attached hydrogens (tertiary/aromatic N) is 11. The van der Waals surface area contributed by atoms with E-state index in [2.05, 4.69) is 201 Å². The van der Waals surface area contributed by atoms with Crippen molar-refractivity contribution in [2.75, 3.05) is 78.5 Å². The van der Waals surface area contributed by atoms with Crippen molar-refractivity contribution < 1.29 is 30.6 Å². The Balaban J connectivity index is 0.000000102. The molecule has 0 spiro atoms. The molecule has 132 heavy (non-hydrogen) atoms. The summed E-state index contributed by atoms with van der Waals surface area (Å²) in [5, 5.41) is 70.3. The van der Waals surface area contributed by atoms with Crippen LogP contribution in [0.1, 0.15) is 152 Å². The Labute approximate surface area is 769 Å². The highest BCUT2D eigenvalue weighted by Gasteiger charge is 2.32. The van der Waals surface area contributed by atoms with Gasteiger partial charge in [-0.15, -0.1) is 0 Å². The van der Waals surface area contributed by atoms with E-state index in [0.717, 1.165) is 190 Å². The highest BCUT2D eigenvalue weighted by atomic mass is 16.3. The van der Waals surface area contributed by atoms with E-state index in [0.29, 0.717) is 70.0 Å².